The summed E-state index contributed by atoms with van der Waals surface area (Å²) in [6, 6.07) is 8.24. The Balaban J connectivity index is 2.18. The first-order chi connectivity index (χ1) is 11.5. The van der Waals surface area contributed by atoms with Crippen LogP contribution in [0.1, 0.15) is 34.6 Å². The molecule has 5 nitrogen and oxygen atoms in total. The Hall–Kier alpha value is -2.11. The maximum atomic E-state index is 12.4. The number of anilines is 1. The van der Waals surface area contributed by atoms with E-state index in [4.69, 9.17) is 23.2 Å². The minimum Gasteiger partial charge on any atom is -0.339 e. The molecule has 2 amide bonds. The summed E-state index contributed by atoms with van der Waals surface area (Å²) in [6.07, 6.45) is 1.34. The lowest BCUT2D eigenvalue weighted by molar-refractivity contribution is 0.0772. The van der Waals surface area contributed by atoms with Crippen LogP contribution in [0.4, 0.5) is 5.69 Å². The second kappa shape index (κ2) is 8.13. The number of rotatable bonds is 5. The number of amides is 2. The van der Waals surface area contributed by atoms with Crippen molar-refractivity contribution in [2.75, 3.05) is 18.4 Å². The molecular formula is C17H17Cl2N3O2. The summed E-state index contributed by atoms with van der Waals surface area (Å²) in [5, 5.41) is 3.07. The Labute approximate surface area is 150 Å². The highest BCUT2D eigenvalue weighted by atomic mass is 35.5. The zero-order valence-corrected chi connectivity index (χ0v) is 14.9. The van der Waals surface area contributed by atoms with Crippen LogP contribution < -0.4 is 5.32 Å². The Morgan fingerprint density at radius 2 is 1.83 bits per heavy atom. The maximum absolute atomic E-state index is 12.4. The van der Waals surface area contributed by atoms with Gasteiger partial charge in [0.1, 0.15) is 5.15 Å². The monoisotopic (exact) mass is 365 g/mol. The maximum Gasteiger partial charge on any atom is 0.257 e. The summed E-state index contributed by atoms with van der Waals surface area (Å²) in [6.45, 7) is 5.09. The van der Waals surface area contributed by atoms with E-state index in [2.05, 4.69) is 10.3 Å². The zero-order valence-electron chi connectivity index (χ0n) is 13.3. The molecule has 1 N–H and O–H groups in total. The van der Waals surface area contributed by atoms with E-state index in [1.54, 1.807) is 29.2 Å². The molecule has 0 saturated heterocycles. The molecule has 0 saturated carbocycles. The number of carbonyl (C=O) groups is 2. The highest BCUT2D eigenvalue weighted by Gasteiger charge is 2.14. The van der Waals surface area contributed by atoms with Gasteiger partial charge in [-0.05, 0) is 38.1 Å². The van der Waals surface area contributed by atoms with Crippen molar-refractivity contribution in [2.45, 2.75) is 13.8 Å². The van der Waals surface area contributed by atoms with E-state index in [9.17, 15) is 9.59 Å². The van der Waals surface area contributed by atoms with Crippen LogP contribution in [-0.4, -0.2) is 34.8 Å². The van der Waals surface area contributed by atoms with Gasteiger partial charge >= 0.3 is 0 Å². The highest BCUT2D eigenvalue weighted by molar-refractivity contribution is 6.41. The Bertz CT molecular complexity index is 761. The van der Waals surface area contributed by atoms with Crippen molar-refractivity contribution in [1.29, 1.82) is 0 Å². The molecule has 0 fully saturated rings. The van der Waals surface area contributed by atoms with Gasteiger partial charge in [0.2, 0.25) is 0 Å². The van der Waals surface area contributed by atoms with E-state index in [1.165, 1.54) is 12.3 Å². The van der Waals surface area contributed by atoms with Gasteiger partial charge in [-0.3, -0.25) is 9.59 Å². The molecule has 1 aromatic heterocycles. The van der Waals surface area contributed by atoms with Gasteiger partial charge in [0.05, 0.1) is 10.6 Å². The Morgan fingerprint density at radius 1 is 1.12 bits per heavy atom. The third-order valence-electron chi connectivity index (χ3n) is 3.48. The molecule has 1 aromatic carbocycles. The molecule has 24 heavy (non-hydrogen) atoms. The summed E-state index contributed by atoms with van der Waals surface area (Å²) in [5.74, 6) is -0.458. The molecule has 0 aliphatic carbocycles. The van der Waals surface area contributed by atoms with Gasteiger partial charge in [0.25, 0.3) is 11.8 Å². The molecule has 126 valence electrons. The van der Waals surface area contributed by atoms with Crippen molar-refractivity contribution in [3.8, 4) is 0 Å². The summed E-state index contributed by atoms with van der Waals surface area (Å²) in [5.41, 5.74) is 1.32. The zero-order chi connectivity index (χ0) is 17.7. The van der Waals surface area contributed by atoms with E-state index in [0.29, 0.717) is 24.3 Å². The van der Waals surface area contributed by atoms with E-state index >= 15 is 0 Å². The topological polar surface area (TPSA) is 62.3 Å². The molecule has 0 bridgehead atoms. The molecule has 2 aromatic rings. The van der Waals surface area contributed by atoms with Gasteiger partial charge in [-0.2, -0.15) is 0 Å². The molecule has 0 atom stereocenters. The molecule has 0 unspecified atom stereocenters. The number of nitrogens with one attached hydrogen (secondary N) is 1. The van der Waals surface area contributed by atoms with Crippen LogP contribution in [0.3, 0.4) is 0 Å². The summed E-state index contributed by atoms with van der Waals surface area (Å²) in [4.78, 5) is 30.2. The van der Waals surface area contributed by atoms with E-state index in [1.807, 2.05) is 13.8 Å². The van der Waals surface area contributed by atoms with Crippen LogP contribution >= 0.6 is 23.2 Å². The Kier molecular flexibility index (Phi) is 6.17. The fourth-order valence-electron chi connectivity index (χ4n) is 2.17. The smallest absolute Gasteiger partial charge is 0.257 e. The summed E-state index contributed by atoms with van der Waals surface area (Å²) >= 11 is 11.6. The lowest BCUT2D eigenvalue weighted by atomic mass is 10.1. The van der Waals surface area contributed by atoms with Crippen LogP contribution in [-0.2, 0) is 0 Å². The third kappa shape index (κ3) is 4.24. The third-order valence-corrected chi connectivity index (χ3v) is 4.16. The van der Waals surface area contributed by atoms with Gasteiger partial charge < -0.3 is 10.2 Å². The normalized spacial score (nSPS) is 10.3. The number of aromatic nitrogens is 1. The summed E-state index contributed by atoms with van der Waals surface area (Å²) in [7, 11) is 0. The number of carbonyl (C=O) groups excluding carboxylic acids is 2. The lowest BCUT2D eigenvalue weighted by Gasteiger charge is -2.19. The minimum absolute atomic E-state index is 0.0766. The number of nitrogens with zero attached hydrogens (tertiary/aromatic N) is 2. The van der Waals surface area contributed by atoms with Crippen LogP contribution in [0.2, 0.25) is 10.2 Å². The fraction of sp³-hybridized carbons (Fsp3) is 0.235. The van der Waals surface area contributed by atoms with E-state index < -0.39 is 0 Å². The van der Waals surface area contributed by atoms with Gasteiger partial charge in [-0.25, -0.2) is 4.98 Å². The van der Waals surface area contributed by atoms with Crippen LogP contribution in [0, 0.1) is 0 Å². The quantitative estimate of drug-likeness (QED) is 0.810. The SMILES string of the molecule is CCN(CC)C(=O)c1cccc(NC(=O)c2cnc(Cl)c(Cl)c2)c1. The van der Waals surface area contributed by atoms with Crippen LogP contribution in [0.5, 0.6) is 0 Å². The lowest BCUT2D eigenvalue weighted by Crippen LogP contribution is -2.30. The minimum atomic E-state index is -0.381. The number of hydrogen-bond acceptors (Lipinski definition) is 3. The van der Waals surface area contributed by atoms with Crippen LogP contribution in [0.15, 0.2) is 36.5 Å². The molecule has 0 aliphatic rings. The van der Waals surface area contributed by atoms with Crippen molar-refractivity contribution in [3.63, 3.8) is 0 Å². The average Bonchev–Trinajstić information content (AvgIpc) is 2.58. The van der Waals surface area contributed by atoms with Crippen molar-refractivity contribution in [1.82, 2.24) is 9.88 Å². The second-order valence-corrected chi connectivity index (χ2v) is 5.77. The first-order valence-corrected chi connectivity index (χ1v) is 8.23. The predicted octanol–water partition coefficient (Wildman–Crippen LogP) is 4.12. The van der Waals surface area contributed by atoms with Crippen molar-refractivity contribution >= 4 is 40.7 Å². The fourth-order valence-corrected chi connectivity index (χ4v) is 2.44. The average molecular weight is 366 g/mol. The van der Waals surface area contributed by atoms with Crippen LogP contribution in [0.25, 0.3) is 0 Å². The standard InChI is InChI=1S/C17H17Cl2N3O2/c1-3-22(4-2)17(24)11-6-5-7-13(8-11)21-16(23)12-9-14(18)15(19)20-10-12/h5-10H,3-4H2,1-2H3,(H,21,23). The molecule has 0 radical (unpaired) electrons. The first-order valence-electron chi connectivity index (χ1n) is 7.48. The number of hydrogen-bond donors (Lipinski definition) is 1. The van der Waals surface area contributed by atoms with Gasteiger partial charge in [-0.1, -0.05) is 29.3 Å². The molecule has 7 heteroatoms. The van der Waals surface area contributed by atoms with Crippen molar-refractivity contribution in [2.24, 2.45) is 0 Å². The van der Waals surface area contributed by atoms with Crippen molar-refractivity contribution in [3.05, 3.63) is 57.8 Å². The van der Waals surface area contributed by atoms with Crippen molar-refractivity contribution < 1.29 is 9.59 Å². The number of pyridine rings is 1. The molecule has 0 aliphatic heterocycles. The highest BCUT2D eigenvalue weighted by Crippen LogP contribution is 2.20. The first kappa shape index (κ1) is 18.2. The van der Waals surface area contributed by atoms with E-state index in [0.717, 1.165) is 0 Å². The van der Waals surface area contributed by atoms with Gasteiger partial charge in [0, 0.05) is 30.5 Å². The molecule has 1 heterocycles. The number of halogens is 2. The van der Waals surface area contributed by atoms with Gasteiger partial charge in [-0.15, -0.1) is 0 Å². The molecule has 0 spiro atoms. The molecule has 2 rings (SSSR count). The van der Waals surface area contributed by atoms with Gasteiger partial charge in [0.15, 0.2) is 0 Å². The largest absolute Gasteiger partial charge is 0.339 e. The molecular weight excluding hydrogens is 349 g/mol. The van der Waals surface area contributed by atoms with E-state index in [-0.39, 0.29) is 27.6 Å². The predicted molar refractivity (Wildman–Crippen MR) is 95.9 cm³/mol. The Morgan fingerprint density at radius 3 is 2.46 bits per heavy atom. The second-order valence-electron chi connectivity index (χ2n) is 5.01. The summed E-state index contributed by atoms with van der Waals surface area (Å²) < 4.78 is 0. The number of benzene rings is 1.